The average Bonchev–Trinajstić information content (AvgIpc) is 3.26. The van der Waals surface area contributed by atoms with E-state index in [4.69, 9.17) is 0 Å². The van der Waals surface area contributed by atoms with E-state index in [0.29, 0.717) is 23.1 Å². The Bertz CT molecular complexity index is 1380. The number of benzene rings is 1. The van der Waals surface area contributed by atoms with E-state index in [1.807, 2.05) is 35.7 Å². The van der Waals surface area contributed by atoms with E-state index in [1.165, 1.54) is 24.1 Å². The summed E-state index contributed by atoms with van der Waals surface area (Å²) in [6.45, 7) is 12.6. The molecule has 2 aromatic heterocycles. The fraction of sp³-hybridized carbons (Fsp3) is 0.516. The minimum absolute atomic E-state index is 0.00444. The molecule has 2 aliphatic rings. The SMILES string of the molecule is CC(=O)N1CCC[C@@H](CN2CC(Cc3cn(-c4ccc(F)cc4C(=O)N(C)C(C)C)c4cncc(C)c34)C2)C1. The van der Waals surface area contributed by atoms with Gasteiger partial charge in [-0.05, 0) is 81.2 Å². The van der Waals surface area contributed by atoms with Crippen molar-refractivity contribution in [2.45, 2.75) is 53.0 Å². The molecule has 2 aliphatic heterocycles. The molecule has 4 heterocycles. The van der Waals surface area contributed by atoms with E-state index >= 15 is 0 Å². The number of fused-ring (bicyclic) bond motifs is 1. The minimum Gasteiger partial charge on any atom is -0.343 e. The lowest BCUT2D eigenvalue weighted by Gasteiger charge is -2.43. The van der Waals surface area contributed by atoms with Crippen molar-refractivity contribution >= 4 is 22.7 Å². The summed E-state index contributed by atoms with van der Waals surface area (Å²) >= 11 is 0. The van der Waals surface area contributed by atoms with Gasteiger partial charge in [-0.3, -0.25) is 14.6 Å². The van der Waals surface area contributed by atoms with Crippen LogP contribution in [0, 0.1) is 24.6 Å². The van der Waals surface area contributed by atoms with Crippen molar-refractivity contribution in [2.24, 2.45) is 11.8 Å². The van der Waals surface area contributed by atoms with Gasteiger partial charge >= 0.3 is 0 Å². The van der Waals surface area contributed by atoms with Gasteiger partial charge < -0.3 is 19.3 Å². The number of nitrogens with zero attached hydrogens (tertiary/aromatic N) is 5. The molecule has 0 spiro atoms. The Kier molecular flexibility index (Phi) is 7.76. The molecule has 5 rings (SSSR count). The number of piperidine rings is 1. The number of amides is 2. The maximum atomic E-state index is 14.3. The Balaban J connectivity index is 1.37. The summed E-state index contributed by atoms with van der Waals surface area (Å²) in [5, 5.41) is 1.16. The maximum Gasteiger partial charge on any atom is 0.256 e. The summed E-state index contributed by atoms with van der Waals surface area (Å²) in [7, 11) is 1.75. The van der Waals surface area contributed by atoms with Crippen LogP contribution in [0.25, 0.3) is 16.6 Å². The Morgan fingerprint density at radius 1 is 1.15 bits per heavy atom. The second-order valence-corrected chi connectivity index (χ2v) is 11.8. The summed E-state index contributed by atoms with van der Waals surface area (Å²) in [5.41, 5.74) is 4.27. The van der Waals surface area contributed by atoms with E-state index < -0.39 is 5.82 Å². The topological polar surface area (TPSA) is 61.7 Å². The second-order valence-electron chi connectivity index (χ2n) is 11.8. The molecule has 0 radical (unpaired) electrons. The first kappa shape index (κ1) is 27.3. The monoisotopic (exact) mass is 533 g/mol. The van der Waals surface area contributed by atoms with Crippen LogP contribution in [-0.2, 0) is 11.2 Å². The molecular formula is C31H40FN5O2. The highest BCUT2D eigenvalue weighted by Gasteiger charge is 2.32. The Labute approximate surface area is 230 Å². The van der Waals surface area contributed by atoms with E-state index in [-0.39, 0.29) is 17.9 Å². The lowest BCUT2D eigenvalue weighted by Crippen LogP contribution is -2.51. The van der Waals surface area contributed by atoms with Crippen molar-refractivity contribution in [1.82, 2.24) is 24.3 Å². The van der Waals surface area contributed by atoms with Gasteiger partial charge in [-0.15, -0.1) is 0 Å². The molecule has 7 nitrogen and oxygen atoms in total. The molecule has 3 aromatic rings. The highest BCUT2D eigenvalue weighted by atomic mass is 19.1. The van der Waals surface area contributed by atoms with Gasteiger partial charge in [0.05, 0.1) is 23.0 Å². The first-order valence-corrected chi connectivity index (χ1v) is 14.1. The van der Waals surface area contributed by atoms with E-state index in [1.54, 1.807) is 24.9 Å². The predicted octanol–water partition coefficient (Wildman–Crippen LogP) is 4.69. The molecule has 1 aromatic carbocycles. The van der Waals surface area contributed by atoms with Crippen molar-refractivity contribution in [3.8, 4) is 5.69 Å². The van der Waals surface area contributed by atoms with Crippen molar-refractivity contribution in [3.63, 3.8) is 0 Å². The zero-order valence-electron chi connectivity index (χ0n) is 23.8. The molecule has 2 saturated heterocycles. The van der Waals surface area contributed by atoms with Crippen molar-refractivity contribution < 1.29 is 14.0 Å². The van der Waals surface area contributed by atoms with Crippen LogP contribution in [0.1, 0.15) is 55.1 Å². The van der Waals surface area contributed by atoms with E-state index in [9.17, 15) is 14.0 Å². The van der Waals surface area contributed by atoms with Gasteiger partial charge in [0.15, 0.2) is 0 Å². The quantitative estimate of drug-likeness (QED) is 0.442. The third-order valence-electron chi connectivity index (χ3n) is 8.55. The fourth-order valence-corrected chi connectivity index (χ4v) is 6.24. The first-order chi connectivity index (χ1) is 18.6. The number of rotatable bonds is 7. The molecule has 2 amide bonds. The van der Waals surface area contributed by atoms with Crippen LogP contribution < -0.4 is 0 Å². The zero-order chi connectivity index (χ0) is 27.8. The van der Waals surface area contributed by atoms with Gasteiger partial charge in [-0.1, -0.05) is 0 Å². The zero-order valence-corrected chi connectivity index (χ0v) is 23.8. The number of hydrogen-bond donors (Lipinski definition) is 0. The summed E-state index contributed by atoms with van der Waals surface area (Å²) < 4.78 is 16.4. The molecule has 0 saturated carbocycles. The normalized spacial score (nSPS) is 18.5. The number of aryl methyl sites for hydroxylation is 1. The Morgan fingerprint density at radius 3 is 2.64 bits per heavy atom. The van der Waals surface area contributed by atoms with Gasteiger partial charge in [0.25, 0.3) is 5.91 Å². The number of carbonyl (C=O) groups excluding carboxylic acids is 2. The highest BCUT2D eigenvalue weighted by molar-refractivity contribution is 5.99. The number of hydrogen-bond acceptors (Lipinski definition) is 4. The molecule has 0 aliphatic carbocycles. The summed E-state index contributed by atoms with van der Waals surface area (Å²) in [6.07, 6.45) is 9.06. The summed E-state index contributed by atoms with van der Waals surface area (Å²) in [5.74, 6) is 0.653. The molecule has 0 unspecified atom stereocenters. The Morgan fingerprint density at radius 2 is 1.92 bits per heavy atom. The summed E-state index contributed by atoms with van der Waals surface area (Å²) in [4.78, 5) is 35.7. The van der Waals surface area contributed by atoms with E-state index in [0.717, 1.165) is 62.0 Å². The minimum atomic E-state index is -0.427. The fourth-order valence-electron chi connectivity index (χ4n) is 6.24. The molecule has 39 heavy (non-hydrogen) atoms. The van der Waals surface area contributed by atoms with Gasteiger partial charge in [-0.2, -0.15) is 0 Å². The van der Waals surface area contributed by atoms with Crippen molar-refractivity contribution in [2.75, 3.05) is 39.8 Å². The number of halogens is 1. The largest absolute Gasteiger partial charge is 0.343 e. The molecule has 208 valence electrons. The molecule has 0 bridgehead atoms. The number of aromatic nitrogens is 2. The van der Waals surface area contributed by atoms with Crippen LogP contribution in [0.4, 0.5) is 4.39 Å². The molecule has 1 atom stereocenters. The van der Waals surface area contributed by atoms with Crippen LogP contribution in [0.15, 0.2) is 36.8 Å². The van der Waals surface area contributed by atoms with Crippen LogP contribution >= 0.6 is 0 Å². The lowest BCUT2D eigenvalue weighted by atomic mass is 9.89. The van der Waals surface area contributed by atoms with Crippen LogP contribution in [0.2, 0.25) is 0 Å². The Hall–Kier alpha value is -3.26. The van der Waals surface area contributed by atoms with Gasteiger partial charge in [-0.25, -0.2) is 4.39 Å². The van der Waals surface area contributed by atoms with E-state index in [2.05, 4.69) is 23.0 Å². The molecule has 2 fully saturated rings. The standard InChI is InChI=1S/C31H40FN5O2/c1-20(2)34(5)31(39)27-12-26(32)8-9-28(27)37-19-25(30-21(3)13-33-14-29(30)37)11-24-16-35(17-24)15-23-7-6-10-36(18-23)22(4)38/h8-9,12-14,19-20,23-24H,6-7,10-11,15-18H2,1-5H3/t23-/m0/s1. The highest BCUT2D eigenvalue weighted by Crippen LogP contribution is 2.33. The first-order valence-electron chi connectivity index (χ1n) is 14.1. The van der Waals surface area contributed by atoms with Gasteiger partial charge in [0, 0.05) is 70.5 Å². The predicted molar refractivity (Wildman–Crippen MR) is 152 cm³/mol. The number of pyridine rings is 1. The average molecular weight is 534 g/mol. The van der Waals surface area contributed by atoms with Crippen molar-refractivity contribution in [3.05, 3.63) is 59.3 Å². The lowest BCUT2D eigenvalue weighted by molar-refractivity contribution is -0.130. The molecule has 0 N–H and O–H groups in total. The van der Waals surface area contributed by atoms with Crippen LogP contribution in [0.3, 0.4) is 0 Å². The smallest absolute Gasteiger partial charge is 0.256 e. The van der Waals surface area contributed by atoms with Crippen molar-refractivity contribution in [1.29, 1.82) is 0 Å². The third-order valence-corrected chi connectivity index (χ3v) is 8.55. The second kappa shape index (κ2) is 11.1. The van der Waals surface area contributed by atoms with Crippen LogP contribution in [-0.4, -0.2) is 81.9 Å². The molecule has 8 heteroatoms. The van der Waals surface area contributed by atoms with Gasteiger partial charge in [0.1, 0.15) is 5.82 Å². The maximum absolute atomic E-state index is 14.3. The summed E-state index contributed by atoms with van der Waals surface area (Å²) in [6, 6.07) is 4.45. The van der Waals surface area contributed by atoms with Gasteiger partial charge in [0.2, 0.25) is 5.91 Å². The number of carbonyl (C=O) groups is 2. The third kappa shape index (κ3) is 5.57. The molecular weight excluding hydrogens is 493 g/mol. The number of likely N-dealkylation sites (tertiary alicyclic amines) is 2. The van der Waals surface area contributed by atoms with Crippen LogP contribution in [0.5, 0.6) is 0 Å².